The molecule has 0 aliphatic rings. The summed E-state index contributed by atoms with van der Waals surface area (Å²) in [5.41, 5.74) is 4.07. The van der Waals surface area contributed by atoms with Gasteiger partial charge in [0, 0.05) is 13.1 Å². The Morgan fingerprint density at radius 1 is 0.857 bits per heavy atom. The van der Waals surface area contributed by atoms with Crippen LogP contribution in [0, 0.1) is 20.8 Å². The summed E-state index contributed by atoms with van der Waals surface area (Å²) in [5.74, 6) is 1.19. The standard InChI is InChI=1S/C22H28N2O4/c1-15-5-6-16(2)22(17(15)3)28-14-21(26)24-12-11-23-20(25)13-18-7-9-19(27-4)10-8-18/h5-10H,11-14H2,1-4H3,(H,23,25)(H,24,26). The van der Waals surface area contributed by atoms with Crippen molar-refractivity contribution in [2.45, 2.75) is 27.2 Å². The molecule has 0 saturated carbocycles. The lowest BCUT2D eigenvalue weighted by Gasteiger charge is -2.14. The molecule has 2 aromatic carbocycles. The Hall–Kier alpha value is -3.02. The monoisotopic (exact) mass is 384 g/mol. The number of ether oxygens (including phenoxy) is 2. The van der Waals surface area contributed by atoms with Crippen LogP contribution >= 0.6 is 0 Å². The van der Waals surface area contributed by atoms with Gasteiger partial charge in [0.2, 0.25) is 5.91 Å². The van der Waals surface area contributed by atoms with E-state index in [4.69, 9.17) is 9.47 Å². The molecular weight excluding hydrogens is 356 g/mol. The zero-order valence-electron chi connectivity index (χ0n) is 16.9. The van der Waals surface area contributed by atoms with Gasteiger partial charge in [-0.25, -0.2) is 0 Å². The zero-order chi connectivity index (χ0) is 20.5. The number of methoxy groups -OCH3 is 1. The van der Waals surface area contributed by atoms with Crippen molar-refractivity contribution in [2.24, 2.45) is 0 Å². The third kappa shape index (κ3) is 6.30. The highest BCUT2D eigenvalue weighted by Gasteiger charge is 2.09. The molecule has 0 fully saturated rings. The van der Waals surface area contributed by atoms with Crippen molar-refractivity contribution in [2.75, 3.05) is 26.8 Å². The maximum Gasteiger partial charge on any atom is 0.258 e. The second kappa shape index (κ2) is 10.3. The van der Waals surface area contributed by atoms with Crippen molar-refractivity contribution in [3.8, 4) is 11.5 Å². The molecule has 0 unspecified atom stereocenters. The molecule has 0 saturated heterocycles. The van der Waals surface area contributed by atoms with E-state index >= 15 is 0 Å². The SMILES string of the molecule is COc1ccc(CC(=O)NCCNC(=O)COc2c(C)ccc(C)c2C)cc1. The Kier molecular flexibility index (Phi) is 7.87. The minimum Gasteiger partial charge on any atom is -0.497 e. The van der Waals surface area contributed by atoms with E-state index in [1.54, 1.807) is 7.11 Å². The first kappa shape index (κ1) is 21.3. The molecular formula is C22H28N2O4. The molecule has 0 atom stereocenters. The van der Waals surface area contributed by atoms with Crippen LogP contribution in [-0.2, 0) is 16.0 Å². The van der Waals surface area contributed by atoms with Gasteiger partial charge in [-0.2, -0.15) is 0 Å². The van der Waals surface area contributed by atoms with Crippen LogP contribution < -0.4 is 20.1 Å². The second-order valence-corrected chi connectivity index (χ2v) is 6.67. The fraction of sp³-hybridized carbons (Fsp3) is 0.364. The number of aryl methyl sites for hydroxylation is 2. The summed E-state index contributed by atoms with van der Waals surface area (Å²) in [6, 6.07) is 11.4. The smallest absolute Gasteiger partial charge is 0.258 e. The molecule has 2 aromatic rings. The largest absolute Gasteiger partial charge is 0.497 e. The molecule has 0 aromatic heterocycles. The molecule has 150 valence electrons. The van der Waals surface area contributed by atoms with Crippen LogP contribution in [0.25, 0.3) is 0 Å². The predicted molar refractivity (Wildman–Crippen MR) is 109 cm³/mol. The maximum atomic E-state index is 12.0. The number of amides is 2. The Morgan fingerprint density at radius 3 is 2.11 bits per heavy atom. The number of hydrogen-bond acceptors (Lipinski definition) is 4. The average Bonchev–Trinajstić information content (AvgIpc) is 2.69. The first-order chi connectivity index (χ1) is 13.4. The van der Waals surface area contributed by atoms with Gasteiger partial charge in [-0.05, 0) is 55.2 Å². The lowest BCUT2D eigenvalue weighted by Crippen LogP contribution is -2.37. The summed E-state index contributed by atoms with van der Waals surface area (Å²) in [6.45, 7) is 6.61. The van der Waals surface area contributed by atoms with E-state index in [0.29, 0.717) is 13.1 Å². The maximum absolute atomic E-state index is 12.0. The Balaban J connectivity index is 1.67. The quantitative estimate of drug-likeness (QED) is 0.651. The van der Waals surface area contributed by atoms with Gasteiger partial charge in [-0.15, -0.1) is 0 Å². The molecule has 0 aliphatic carbocycles. The van der Waals surface area contributed by atoms with Crippen LogP contribution in [0.15, 0.2) is 36.4 Å². The number of benzene rings is 2. The fourth-order valence-electron chi connectivity index (χ4n) is 2.73. The highest BCUT2D eigenvalue weighted by molar-refractivity contribution is 5.79. The van der Waals surface area contributed by atoms with Crippen molar-refractivity contribution >= 4 is 11.8 Å². The fourth-order valence-corrected chi connectivity index (χ4v) is 2.73. The van der Waals surface area contributed by atoms with Crippen molar-refractivity contribution in [3.05, 3.63) is 58.7 Å². The van der Waals surface area contributed by atoms with E-state index in [0.717, 1.165) is 33.8 Å². The van der Waals surface area contributed by atoms with Crippen molar-refractivity contribution in [1.29, 1.82) is 0 Å². The molecule has 2 rings (SSSR count). The number of rotatable bonds is 9. The molecule has 0 aliphatic heterocycles. The summed E-state index contributed by atoms with van der Waals surface area (Å²) in [6.07, 6.45) is 0.285. The van der Waals surface area contributed by atoms with E-state index in [2.05, 4.69) is 10.6 Å². The summed E-state index contributed by atoms with van der Waals surface area (Å²) >= 11 is 0. The van der Waals surface area contributed by atoms with Crippen molar-refractivity contribution in [3.63, 3.8) is 0 Å². The Bertz CT molecular complexity index is 816. The van der Waals surface area contributed by atoms with Crippen molar-refractivity contribution in [1.82, 2.24) is 10.6 Å². The highest BCUT2D eigenvalue weighted by atomic mass is 16.5. The molecule has 6 nitrogen and oxygen atoms in total. The Labute approximate surface area is 166 Å². The van der Waals surface area contributed by atoms with Gasteiger partial charge in [-0.3, -0.25) is 9.59 Å². The normalized spacial score (nSPS) is 10.3. The van der Waals surface area contributed by atoms with Crippen LogP contribution in [0.3, 0.4) is 0 Å². The van der Waals surface area contributed by atoms with Gasteiger partial charge in [0.15, 0.2) is 6.61 Å². The number of nitrogens with one attached hydrogen (secondary N) is 2. The molecule has 0 bridgehead atoms. The third-order valence-electron chi connectivity index (χ3n) is 4.51. The van der Waals surface area contributed by atoms with E-state index < -0.39 is 0 Å². The lowest BCUT2D eigenvalue weighted by molar-refractivity contribution is -0.124. The van der Waals surface area contributed by atoms with Gasteiger partial charge in [-0.1, -0.05) is 24.3 Å². The highest BCUT2D eigenvalue weighted by Crippen LogP contribution is 2.25. The molecule has 2 N–H and O–H groups in total. The minimum atomic E-state index is -0.218. The van der Waals surface area contributed by atoms with Gasteiger partial charge >= 0.3 is 0 Å². The van der Waals surface area contributed by atoms with Gasteiger partial charge < -0.3 is 20.1 Å². The molecule has 28 heavy (non-hydrogen) atoms. The zero-order valence-corrected chi connectivity index (χ0v) is 16.9. The molecule has 0 spiro atoms. The Morgan fingerprint density at radius 2 is 1.46 bits per heavy atom. The predicted octanol–water partition coefficient (Wildman–Crippen LogP) is 2.47. The summed E-state index contributed by atoms with van der Waals surface area (Å²) in [7, 11) is 1.60. The van der Waals surface area contributed by atoms with Crippen LogP contribution in [0.5, 0.6) is 11.5 Å². The second-order valence-electron chi connectivity index (χ2n) is 6.67. The summed E-state index contributed by atoms with van der Waals surface area (Å²) in [4.78, 5) is 23.9. The van der Waals surface area contributed by atoms with E-state index in [1.165, 1.54) is 0 Å². The van der Waals surface area contributed by atoms with Crippen molar-refractivity contribution < 1.29 is 19.1 Å². The van der Waals surface area contributed by atoms with Gasteiger partial charge in [0.1, 0.15) is 11.5 Å². The van der Waals surface area contributed by atoms with Crippen LogP contribution in [0.2, 0.25) is 0 Å². The summed E-state index contributed by atoms with van der Waals surface area (Å²) < 4.78 is 10.8. The topological polar surface area (TPSA) is 76.7 Å². The number of hydrogen-bond donors (Lipinski definition) is 2. The third-order valence-corrected chi connectivity index (χ3v) is 4.51. The van der Waals surface area contributed by atoms with E-state index in [1.807, 2.05) is 57.2 Å². The van der Waals surface area contributed by atoms with E-state index in [-0.39, 0.29) is 24.8 Å². The first-order valence-corrected chi connectivity index (χ1v) is 9.26. The van der Waals surface area contributed by atoms with Gasteiger partial charge in [0.05, 0.1) is 13.5 Å². The molecule has 0 radical (unpaired) electrons. The average molecular weight is 384 g/mol. The van der Waals surface area contributed by atoms with Gasteiger partial charge in [0.25, 0.3) is 5.91 Å². The van der Waals surface area contributed by atoms with Crippen LogP contribution in [-0.4, -0.2) is 38.6 Å². The summed E-state index contributed by atoms with van der Waals surface area (Å²) in [5, 5.41) is 5.53. The molecule has 0 heterocycles. The number of carbonyl (C=O) groups is 2. The minimum absolute atomic E-state index is 0.0507. The van der Waals surface area contributed by atoms with E-state index in [9.17, 15) is 9.59 Å². The first-order valence-electron chi connectivity index (χ1n) is 9.26. The number of carbonyl (C=O) groups excluding carboxylic acids is 2. The molecule has 2 amide bonds. The molecule has 6 heteroatoms. The lowest BCUT2D eigenvalue weighted by atomic mass is 10.1. The van der Waals surface area contributed by atoms with Crippen LogP contribution in [0.1, 0.15) is 22.3 Å². The van der Waals surface area contributed by atoms with Crippen LogP contribution in [0.4, 0.5) is 0 Å².